The molecule has 0 aliphatic carbocycles. The van der Waals surface area contributed by atoms with Gasteiger partial charge in [0, 0.05) is 15.1 Å². The Hall–Kier alpha value is -1.90. The molecule has 134 valence electrons. The minimum Gasteiger partial charge on any atom is -0.323 e. The molecule has 3 rings (SSSR count). The third kappa shape index (κ3) is 4.63. The maximum absolute atomic E-state index is 13.8. The molecule has 1 heterocycles. The van der Waals surface area contributed by atoms with E-state index in [1.54, 1.807) is 25.1 Å². The molecule has 0 bridgehead atoms. The average Bonchev–Trinajstić information content (AvgIpc) is 3.06. The van der Waals surface area contributed by atoms with Crippen LogP contribution in [0.25, 0.3) is 11.4 Å². The lowest BCUT2D eigenvalue weighted by atomic mass is 10.2. The largest absolute Gasteiger partial charge is 0.323 e. The van der Waals surface area contributed by atoms with Gasteiger partial charge >= 0.3 is 0 Å². The maximum atomic E-state index is 13.8. The second kappa shape index (κ2) is 8.20. The van der Waals surface area contributed by atoms with Gasteiger partial charge in [0.1, 0.15) is 5.82 Å². The topological polar surface area (TPSA) is 70.7 Å². The van der Waals surface area contributed by atoms with Crippen molar-refractivity contribution in [3.63, 3.8) is 0 Å². The number of amides is 1. The normalized spacial score (nSPS) is 12.0. The molecule has 0 saturated heterocycles. The van der Waals surface area contributed by atoms with Crippen molar-refractivity contribution < 1.29 is 9.18 Å². The number of anilines is 1. The highest BCUT2D eigenvalue weighted by Crippen LogP contribution is 2.25. The lowest BCUT2D eigenvalue weighted by Gasteiger charge is -2.11. The molecule has 0 aliphatic heterocycles. The average molecular weight is 456 g/mol. The Morgan fingerprint density at radius 1 is 1.31 bits per heavy atom. The summed E-state index contributed by atoms with van der Waals surface area (Å²) in [6, 6.07) is 11.6. The predicted octanol–water partition coefficient (Wildman–Crippen LogP) is 5.15. The maximum Gasteiger partial charge on any atom is 0.237 e. The van der Waals surface area contributed by atoms with Crippen molar-refractivity contribution in [2.45, 2.75) is 17.3 Å². The molecule has 0 saturated carbocycles. The Morgan fingerprint density at radius 3 is 2.73 bits per heavy atom. The number of thioether (sulfide) groups is 1. The predicted molar refractivity (Wildman–Crippen MR) is 105 cm³/mol. The highest BCUT2D eigenvalue weighted by molar-refractivity contribution is 9.10. The summed E-state index contributed by atoms with van der Waals surface area (Å²) in [6.45, 7) is 1.70. The first kappa shape index (κ1) is 18.9. The molecule has 1 aromatic heterocycles. The number of H-pyrrole nitrogens is 1. The molecule has 1 unspecified atom stereocenters. The van der Waals surface area contributed by atoms with Crippen LogP contribution in [-0.4, -0.2) is 26.3 Å². The van der Waals surface area contributed by atoms with E-state index in [2.05, 4.69) is 36.4 Å². The summed E-state index contributed by atoms with van der Waals surface area (Å²) >= 11 is 10.2. The monoisotopic (exact) mass is 454 g/mol. The Kier molecular flexibility index (Phi) is 5.95. The molecule has 0 radical (unpaired) electrons. The van der Waals surface area contributed by atoms with Gasteiger partial charge in [0.2, 0.25) is 11.1 Å². The first-order valence-electron chi connectivity index (χ1n) is 7.53. The number of nitrogens with one attached hydrogen (secondary N) is 2. The van der Waals surface area contributed by atoms with Crippen LogP contribution in [0, 0.1) is 5.82 Å². The number of hydrogen-bond acceptors (Lipinski definition) is 4. The van der Waals surface area contributed by atoms with E-state index in [1.165, 1.54) is 23.9 Å². The fourth-order valence-corrected chi connectivity index (χ4v) is 3.26. The van der Waals surface area contributed by atoms with Crippen molar-refractivity contribution >= 4 is 50.9 Å². The molecule has 1 amide bonds. The molecule has 2 aromatic carbocycles. The number of aromatic amines is 1. The second-order valence-electron chi connectivity index (χ2n) is 5.35. The summed E-state index contributed by atoms with van der Waals surface area (Å²) in [7, 11) is 0. The Bertz CT molecular complexity index is 935. The number of rotatable bonds is 5. The highest BCUT2D eigenvalue weighted by atomic mass is 79.9. The first-order chi connectivity index (χ1) is 12.4. The van der Waals surface area contributed by atoms with E-state index in [0.29, 0.717) is 20.5 Å². The molecule has 0 aliphatic rings. The third-order valence-corrected chi connectivity index (χ3v) is 5.13. The van der Waals surface area contributed by atoms with Crippen LogP contribution in [0.15, 0.2) is 52.1 Å². The molecular weight excluding hydrogens is 443 g/mol. The van der Waals surface area contributed by atoms with Crippen molar-refractivity contribution in [2.75, 3.05) is 5.32 Å². The van der Waals surface area contributed by atoms with Gasteiger partial charge in [-0.15, -0.1) is 5.10 Å². The summed E-state index contributed by atoms with van der Waals surface area (Å²) in [6.07, 6.45) is 0. The van der Waals surface area contributed by atoms with E-state index >= 15 is 0 Å². The van der Waals surface area contributed by atoms with Crippen molar-refractivity contribution in [2.24, 2.45) is 0 Å². The van der Waals surface area contributed by atoms with Crippen molar-refractivity contribution in [1.82, 2.24) is 15.2 Å². The van der Waals surface area contributed by atoms with Crippen LogP contribution in [0.2, 0.25) is 5.02 Å². The van der Waals surface area contributed by atoms with Gasteiger partial charge in [-0.2, -0.15) is 0 Å². The van der Waals surface area contributed by atoms with E-state index in [9.17, 15) is 9.18 Å². The zero-order chi connectivity index (χ0) is 18.7. The van der Waals surface area contributed by atoms with Gasteiger partial charge in [0.05, 0.1) is 10.9 Å². The standard InChI is InChI=1S/C17H13BrClFN4OS/c1-9(16(25)21-14-7-4-11(18)8-13(14)20)26-17-22-15(23-24-17)10-2-5-12(19)6-3-10/h2-9H,1H3,(H,21,25)(H,22,23,24). The molecular formula is C17H13BrClFN4OS. The lowest BCUT2D eigenvalue weighted by molar-refractivity contribution is -0.115. The number of aromatic nitrogens is 3. The summed E-state index contributed by atoms with van der Waals surface area (Å²) in [5.74, 6) is -0.266. The first-order valence-corrected chi connectivity index (χ1v) is 9.58. The number of nitrogens with zero attached hydrogens (tertiary/aromatic N) is 2. The highest BCUT2D eigenvalue weighted by Gasteiger charge is 2.19. The molecule has 26 heavy (non-hydrogen) atoms. The fraction of sp³-hybridized carbons (Fsp3) is 0.118. The summed E-state index contributed by atoms with van der Waals surface area (Å²) in [5.41, 5.74) is 0.963. The van der Waals surface area contributed by atoms with Gasteiger partial charge in [-0.1, -0.05) is 39.3 Å². The molecule has 0 spiro atoms. The van der Waals surface area contributed by atoms with Gasteiger partial charge in [-0.25, -0.2) is 9.37 Å². The van der Waals surface area contributed by atoms with Crippen LogP contribution < -0.4 is 5.32 Å². The minimum absolute atomic E-state index is 0.127. The lowest BCUT2D eigenvalue weighted by Crippen LogP contribution is -2.23. The van der Waals surface area contributed by atoms with Crippen molar-refractivity contribution in [3.05, 3.63) is 57.8 Å². The molecule has 2 N–H and O–H groups in total. The van der Waals surface area contributed by atoms with Gasteiger partial charge in [0.25, 0.3) is 0 Å². The number of halogens is 3. The Balaban J connectivity index is 1.65. The van der Waals surface area contributed by atoms with Crippen LogP contribution in [0.4, 0.5) is 10.1 Å². The molecule has 9 heteroatoms. The fourth-order valence-electron chi connectivity index (χ4n) is 2.07. The van der Waals surface area contributed by atoms with Crippen LogP contribution in [0.3, 0.4) is 0 Å². The van der Waals surface area contributed by atoms with E-state index in [4.69, 9.17) is 11.6 Å². The van der Waals surface area contributed by atoms with Crippen LogP contribution in [0.5, 0.6) is 0 Å². The van der Waals surface area contributed by atoms with Gasteiger partial charge in [-0.05, 0) is 49.4 Å². The quantitative estimate of drug-likeness (QED) is 0.522. The minimum atomic E-state index is -0.507. The molecule has 5 nitrogen and oxygen atoms in total. The number of hydrogen-bond donors (Lipinski definition) is 2. The van der Waals surface area contributed by atoms with Crippen LogP contribution >= 0.6 is 39.3 Å². The zero-order valence-corrected chi connectivity index (χ0v) is 16.6. The zero-order valence-electron chi connectivity index (χ0n) is 13.5. The van der Waals surface area contributed by atoms with E-state index in [0.717, 1.165) is 5.56 Å². The summed E-state index contributed by atoms with van der Waals surface area (Å²) < 4.78 is 14.4. The Morgan fingerprint density at radius 2 is 2.04 bits per heavy atom. The van der Waals surface area contributed by atoms with Crippen LogP contribution in [-0.2, 0) is 4.79 Å². The SMILES string of the molecule is CC(Sc1n[nH]c(-c2ccc(Cl)cc2)n1)C(=O)Nc1ccc(Br)cc1F. The van der Waals surface area contributed by atoms with E-state index in [1.807, 2.05) is 12.1 Å². The summed E-state index contributed by atoms with van der Waals surface area (Å²) in [4.78, 5) is 16.6. The van der Waals surface area contributed by atoms with Gasteiger partial charge in [0.15, 0.2) is 5.82 Å². The number of benzene rings is 2. The van der Waals surface area contributed by atoms with Gasteiger partial charge in [-0.3, -0.25) is 9.89 Å². The number of carbonyl (C=O) groups is 1. The van der Waals surface area contributed by atoms with Crippen molar-refractivity contribution in [3.8, 4) is 11.4 Å². The Labute approximate surface area is 166 Å². The molecule has 3 aromatic rings. The second-order valence-corrected chi connectivity index (χ2v) is 8.01. The van der Waals surface area contributed by atoms with E-state index < -0.39 is 11.1 Å². The van der Waals surface area contributed by atoms with Gasteiger partial charge < -0.3 is 5.32 Å². The van der Waals surface area contributed by atoms with Crippen molar-refractivity contribution in [1.29, 1.82) is 0 Å². The molecule has 0 fully saturated rings. The van der Waals surface area contributed by atoms with Crippen LogP contribution in [0.1, 0.15) is 6.92 Å². The van der Waals surface area contributed by atoms with E-state index in [-0.39, 0.29) is 11.6 Å². The smallest absolute Gasteiger partial charge is 0.237 e. The number of carbonyl (C=O) groups excluding carboxylic acids is 1. The third-order valence-electron chi connectivity index (χ3n) is 3.42. The molecule has 1 atom stereocenters. The summed E-state index contributed by atoms with van der Waals surface area (Å²) in [5, 5.41) is 10.1.